The van der Waals surface area contributed by atoms with Crippen LogP contribution in [-0.2, 0) is 0 Å². The van der Waals surface area contributed by atoms with E-state index in [1.165, 1.54) is 12.1 Å². The number of nitriles is 1. The van der Waals surface area contributed by atoms with Crippen molar-refractivity contribution in [2.24, 2.45) is 0 Å². The number of ketones is 1. The third-order valence-electron chi connectivity index (χ3n) is 2.78. The van der Waals surface area contributed by atoms with Gasteiger partial charge in [0, 0.05) is 10.6 Å². The maximum atomic E-state index is 13.4. The molecule has 0 heterocycles. The predicted octanol–water partition coefficient (Wildman–Crippen LogP) is 4.62. The Kier molecular flexibility index (Phi) is 4.39. The van der Waals surface area contributed by atoms with Gasteiger partial charge in [-0.25, -0.2) is 4.39 Å². The molecule has 0 aliphatic rings. The molecule has 0 fully saturated rings. The van der Waals surface area contributed by atoms with E-state index in [1.807, 2.05) is 6.07 Å². The maximum Gasteiger partial charge on any atom is 0.184 e. The van der Waals surface area contributed by atoms with Gasteiger partial charge in [-0.3, -0.25) is 4.79 Å². The first-order valence-electron chi connectivity index (χ1n) is 5.67. The molecule has 1 unspecified atom stereocenters. The molecule has 2 aromatic carbocycles. The van der Waals surface area contributed by atoms with Crippen molar-refractivity contribution in [3.63, 3.8) is 0 Å². The zero-order chi connectivity index (χ0) is 14.7. The fraction of sp³-hybridized carbons (Fsp3) is 0.0667. The number of rotatable bonds is 3. The summed E-state index contributed by atoms with van der Waals surface area (Å²) >= 11 is 11.4. The summed E-state index contributed by atoms with van der Waals surface area (Å²) in [5.74, 6) is -2.22. The Balaban J connectivity index is 2.39. The van der Waals surface area contributed by atoms with Crippen molar-refractivity contribution in [2.75, 3.05) is 0 Å². The molecule has 1 atom stereocenters. The van der Waals surface area contributed by atoms with Crippen molar-refractivity contribution in [2.45, 2.75) is 5.92 Å². The number of hydrogen-bond acceptors (Lipinski definition) is 2. The van der Waals surface area contributed by atoms with E-state index < -0.39 is 17.5 Å². The number of Topliss-reactive ketones (excluding diaryl/α,β-unsaturated/α-hetero) is 1. The van der Waals surface area contributed by atoms with Crippen LogP contribution in [0, 0.1) is 17.1 Å². The van der Waals surface area contributed by atoms with Gasteiger partial charge in [0.05, 0.1) is 11.1 Å². The van der Waals surface area contributed by atoms with Crippen LogP contribution in [0.3, 0.4) is 0 Å². The second-order valence-electron chi connectivity index (χ2n) is 4.11. The van der Waals surface area contributed by atoms with E-state index in [9.17, 15) is 14.4 Å². The lowest BCUT2D eigenvalue weighted by Crippen LogP contribution is -2.11. The van der Waals surface area contributed by atoms with Crippen LogP contribution in [0.5, 0.6) is 0 Å². The summed E-state index contributed by atoms with van der Waals surface area (Å²) in [7, 11) is 0. The Hall–Kier alpha value is -1.89. The molecule has 0 aliphatic carbocycles. The Bertz CT molecular complexity index is 709. The molecule has 0 amide bonds. The average Bonchev–Trinajstić information content (AvgIpc) is 2.42. The first-order chi connectivity index (χ1) is 9.52. The molecule has 2 rings (SSSR count). The molecule has 0 aliphatic heterocycles. The second kappa shape index (κ2) is 6.04. The molecule has 5 heteroatoms. The molecule has 0 spiro atoms. The zero-order valence-corrected chi connectivity index (χ0v) is 11.6. The maximum absolute atomic E-state index is 13.4. The molecule has 0 aromatic heterocycles. The predicted molar refractivity (Wildman–Crippen MR) is 75.5 cm³/mol. The lowest BCUT2D eigenvalue weighted by Gasteiger charge is -2.09. The number of hydrogen-bond donors (Lipinski definition) is 0. The smallest absolute Gasteiger partial charge is 0.184 e. The molecule has 2 aromatic rings. The van der Waals surface area contributed by atoms with Crippen LogP contribution in [0.25, 0.3) is 0 Å². The molecule has 0 bridgehead atoms. The fourth-order valence-corrected chi connectivity index (χ4v) is 2.10. The van der Waals surface area contributed by atoms with E-state index in [0.29, 0.717) is 10.6 Å². The van der Waals surface area contributed by atoms with E-state index in [4.69, 9.17) is 23.2 Å². The highest BCUT2D eigenvalue weighted by atomic mass is 35.5. The average molecular weight is 308 g/mol. The van der Waals surface area contributed by atoms with Gasteiger partial charge in [0.2, 0.25) is 0 Å². The molecule has 100 valence electrons. The lowest BCUT2D eigenvalue weighted by molar-refractivity contribution is 0.0978. The van der Waals surface area contributed by atoms with Gasteiger partial charge in [0.25, 0.3) is 0 Å². The summed E-state index contributed by atoms with van der Waals surface area (Å²) in [4.78, 5) is 12.3. The normalized spacial score (nSPS) is 11.7. The van der Waals surface area contributed by atoms with E-state index in [-0.39, 0.29) is 10.6 Å². The first-order valence-corrected chi connectivity index (χ1v) is 6.43. The number of benzene rings is 2. The van der Waals surface area contributed by atoms with Crippen LogP contribution in [0.1, 0.15) is 21.8 Å². The molecule has 0 saturated carbocycles. The van der Waals surface area contributed by atoms with E-state index in [2.05, 4.69) is 0 Å². The van der Waals surface area contributed by atoms with Gasteiger partial charge in [-0.15, -0.1) is 0 Å². The standard InChI is InChI=1S/C15H8Cl2FNO/c16-11-3-1-2-9(6-11)12(8-19)15(20)10-4-5-13(17)14(18)7-10/h1-7,12H. The van der Waals surface area contributed by atoms with Gasteiger partial charge < -0.3 is 0 Å². The highest BCUT2D eigenvalue weighted by Crippen LogP contribution is 2.25. The summed E-state index contributed by atoms with van der Waals surface area (Å²) in [5, 5.41) is 9.55. The molecule has 0 N–H and O–H groups in total. The Morgan fingerprint density at radius 1 is 1.20 bits per heavy atom. The van der Waals surface area contributed by atoms with Gasteiger partial charge in [-0.1, -0.05) is 35.3 Å². The quantitative estimate of drug-likeness (QED) is 0.776. The lowest BCUT2D eigenvalue weighted by atomic mass is 9.92. The summed E-state index contributed by atoms with van der Waals surface area (Å²) in [6.07, 6.45) is 0. The van der Waals surface area contributed by atoms with Gasteiger partial charge >= 0.3 is 0 Å². The van der Waals surface area contributed by atoms with Crippen LogP contribution >= 0.6 is 23.2 Å². The van der Waals surface area contributed by atoms with Gasteiger partial charge in [-0.2, -0.15) is 5.26 Å². The van der Waals surface area contributed by atoms with Crippen molar-refractivity contribution in [3.8, 4) is 6.07 Å². The minimum Gasteiger partial charge on any atom is -0.292 e. The van der Waals surface area contributed by atoms with Crippen molar-refractivity contribution >= 4 is 29.0 Å². The number of halogens is 3. The van der Waals surface area contributed by atoms with Crippen LogP contribution in [-0.4, -0.2) is 5.78 Å². The van der Waals surface area contributed by atoms with Crippen LogP contribution in [0.2, 0.25) is 10.0 Å². The number of carbonyl (C=O) groups is 1. The summed E-state index contributed by atoms with van der Waals surface area (Å²) < 4.78 is 13.4. The monoisotopic (exact) mass is 307 g/mol. The van der Waals surface area contributed by atoms with E-state index in [1.54, 1.807) is 24.3 Å². The summed E-state index contributed by atoms with van der Waals surface area (Å²) in [6, 6.07) is 12.1. The molecular weight excluding hydrogens is 300 g/mol. The minimum atomic E-state index is -1.03. The largest absolute Gasteiger partial charge is 0.292 e. The molecular formula is C15H8Cl2FNO. The van der Waals surface area contributed by atoms with Crippen molar-refractivity contribution < 1.29 is 9.18 Å². The fourth-order valence-electron chi connectivity index (χ4n) is 1.79. The van der Waals surface area contributed by atoms with E-state index >= 15 is 0 Å². The first kappa shape index (κ1) is 14.5. The highest BCUT2D eigenvalue weighted by Gasteiger charge is 2.22. The third-order valence-corrected chi connectivity index (χ3v) is 3.32. The summed E-state index contributed by atoms with van der Waals surface area (Å²) in [6.45, 7) is 0. The van der Waals surface area contributed by atoms with Crippen molar-refractivity contribution in [1.29, 1.82) is 5.26 Å². The molecule has 2 nitrogen and oxygen atoms in total. The van der Waals surface area contributed by atoms with Crippen LogP contribution in [0.4, 0.5) is 4.39 Å². The Morgan fingerprint density at radius 3 is 2.55 bits per heavy atom. The van der Waals surface area contributed by atoms with Gasteiger partial charge in [0.1, 0.15) is 11.7 Å². The van der Waals surface area contributed by atoms with Crippen molar-refractivity contribution in [1.82, 2.24) is 0 Å². The summed E-state index contributed by atoms with van der Waals surface area (Å²) in [5.41, 5.74) is 0.568. The topological polar surface area (TPSA) is 40.9 Å². The third kappa shape index (κ3) is 2.98. The van der Waals surface area contributed by atoms with Crippen LogP contribution in [0.15, 0.2) is 42.5 Å². The van der Waals surface area contributed by atoms with Gasteiger partial charge in [-0.05, 0) is 35.9 Å². The second-order valence-corrected chi connectivity index (χ2v) is 4.95. The van der Waals surface area contributed by atoms with Gasteiger partial charge in [0.15, 0.2) is 5.78 Å². The molecule has 0 radical (unpaired) electrons. The Morgan fingerprint density at radius 2 is 1.95 bits per heavy atom. The zero-order valence-electron chi connectivity index (χ0n) is 10.1. The molecule has 0 saturated heterocycles. The minimum absolute atomic E-state index is 0.0715. The van der Waals surface area contributed by atoms with Crippen LogP contribution < -0.4 is 0 Å². The SMILES string of the molecule is N#CC(C(=O)c1ccc(Cl)c(F)c1)c1cccc(Cl)c1. The number of nitrogens with zero attached hydrogens (tertiary/aromatic N) is 1. The highest BCUT2D eigenvalue weighted by molar-refractivity contribution is 6.31. The number of carbonyl (C=O) groups excluding carboxylic acids is 1. The molecule has 20 heavy (non-hydrogen) atoms. The Labute approximate surface area is 125 Å². The van der Waals surface area contributed by atoms with E-state index in [0.717, 1.165) is 6.07 Å². The van der Waals surface area contributed by atoms with Crippen molar-refractivity contribution in [3.05, 3.63) is 69.5 Å².